The van der Waals surface area contributed by atoms with Gasteiger partial charge in [-0.05, 0) is 43.7 Å². The minimum absolute atomic E-state index is 0.243. The molecular formula is C20H21N3O2S. The van der Waals surface area contributed by atoms with Crippen LogP contribution in [0, 0.1) is 0 Å². The van der Waals surface area contributed by atoms with Crippen LogP contribution in [0.2, 0.25) is 0 Å². The maximum Gasteiger partial charge on any atom is 0.319 e. The van der Waals surface area contributed by atoms with Gasteiger partial charge in [-0.3, -0.25) is 0 Å². The highest BCUT2D eigenvalue weighted by atomic mass is 32.1. The third-order valence-corrected chi connectivity index (χ3v) is 4.39. The Morgan fingerprint density at radius 1 is 1.15 bits per heavy atom. The topological polar surface area (TPSA) is 62.4 Å². The zero-order valence-electron chi connectivity index (χ0n) is 14.7. The van der Waals surface area contributed by atoms with Crippen LogP contribution >= 0.6 is 12.2 Å². The third-order valence-electron chi connectivity index (χ3n) is 4.07. The predicted octanol–water partition coefficient (Wildman–Crippen LogP) is 4.15. The molecule has 0 saturated carbocycles. The summed E-state index contributed by atoms with van der Waals surface area (Å²) in [6, 6.07) is 16.8. The molecule has 0 saturated heterocycles. The molecule has 5 nitrogen and oxygen atoms in total. The van der Waals surface area contributed by atoms with Crippen LogP contribution in [0.1, 0.15) is 25.5 Å². The fourth-order valence-electron chi connectivity index (χ4n) is 2.89. The predicted molar refractivity (Wildman–Crippen MR) is 107 cm³/mol. The summed E-state index contributed by atoms with van der Waals surface area (Å²) >= 11 is 5.63. The van der Waals surface area contributed by atoms with Crippen molar-refractivity contribution in [3.63, 3.8) is 0 Å². The Morgan fingerprint density at radius 2 is 1.85 bits per heavy atom. The van der Waals surface area contributed by atoms with Crippen molar-refractivity contribution in [1.29, 1.82) is 0 Å². The zero-order valence-corrected chi connectivity index (χ0v) is 15.5. The van der Waals surface area contributed by atoms with Crippen LogP contribution in [0.4, 0.5) is 10.5 Å². The molecule has 0 radical (unpaired) electrons. The van der Waals surface area contributed by atoms with Crippen molar-refractivity contribution in [2.75, 3.05) is 11.9 Å². The fraction of sp³-hybridized carbons (Fsp3) is 0.200. The van der Waals surface area contributed by atoms with Gasteiger partial charge in [-0.1, -0.05) is 42.5 Å². The van der Waals surface area contributed by atoms with Crippen molar-refractivity contribution in [2.45, 2.75) is 19.9 Å². The number of ether oxygens (including phenoxy) is 1. The Balaban J connectivity index is 1.90. The van der Waals surface area contributed by atoms with E-state index in [4.69, 9.17) is 17.0 Å². The monoisotopic (exact) mass is 367 g/mol. The molecule has 0 fully saturated rings. The van der Waals surface area contributed by atoms with Crippen LogP contribution < -0.4 is 20.7 Å². The number of carbonyl (C=O) groups is 1. The molecule has 1 atom stereocenters. The van der Waals surface area contributed by atoms with E-state index in [1.807, 2.05) is 68.4 Å². The minimum Gasteiger partial charge on any atom is -0.494 e. The summed E-state index contributed by atoms with van der Waals surface area (Å²) < 4.78 is 5.49. The first kappa shape index (κ1) is 17.9. The van der Waals surface area contributed by atoms with E-state index in [0.29, 0.717) is 11.6 Å². The number of carbonyl (C=O) groups excluding carboxylic acids is 1. The summed E-state index contributed by atoms with van der Waals surface area (Å²) in [5.74, 6) is 0.795. The second kappa shape index (κ2) is 8.01. The number of anilines is 1. The third kappa shape index (κ3) is 4.03. The first-order chi connectivity index (χ1) is 12.6. The lowest BCUT2D eigenvalue weighted by Gasteiger charge is -2.30. The number of amides is 2. The van der Waals surface area contributed by atoms with E-state index in [9.17, 15) is 4.79 Å². The number of benzene rings is 2. The van der Waals surface area contributed by atoms with E-state index in [0.717, 1.165) is 28.3 Å². The van der Waals surface area contributed by atoms with E-state index in [1.54, 1.807) is 0 Å². The van der Waals surface area contributed by atoms with Gasteiger partial charge in [0.1, 0.15) is 10.7 Å². The maximum absolute atomic E-state index is 12.0. The SMILES string of the molecule is CCOc1ccc([C@@H]2NC(=O)NC(C)=C2C(=S)Nc2ccccc2)cc1. The summed E-state index contributed by atoms with van der Waals surface area (Å²) in [6.45, 7) is 4.41. The first-order valence-electron chi connectivity index (χ1n) is 8.46. The van der Waals surface area contributed by atoms with Crippen LogP contribution in [-0.2, 0) is 0 Å². The summed E-state index contributed by atoms with van der Waals surface area (Å²) in [5, 5.41) is 9.01. The molecule has 2 amide bonds. The van der Waals surface area contributed by atoms with Gasteiger partial charge in [-0.2, -0.15) is 0 Å². The Hall–Kier alpha value is -2.86. The Labute approximate surface area is 158 Å². The van der Waals surface area contributed by atoms with Gasteiger partial charge in [-0.25, -0.2) is 4.79 Å². The summed E-state index contributed by atoms with van der Waals surface area (Å²) in [6.07, 6.45) is 0. The van der Waals surface area contributed by atoms with Crippen molar-refractivity contribution in [2.24, 2.45) is 0 Å². The molecule has 1 aliphatic rings. The maximum atomic E-state index is 12.0. The quantitative estimate of drug-likeness (QED) is 0.695. The van der Waals surface area contributed by atoms with Crippen LogP contribution in [0.5, 0.6) is 5.75 Å². The van der Waals surface area contributed by atoms with Gasteiger partial charge < -0.3 is 20.7 Å². The second-order valence-corrected chi connectivity index (χ2v) is 6.30. The first-order valence-corrected chi connectivity index (χ1v) is 8.86. The molecule has 0 spiro atoms. The van der Waals surface area contributed by atoms with Gasteiger partial charge in [0.15, 0.2) is 0 Å². The van der Waals surface area contributed by atoms with E-state index in [1.165, 1.54) is 0 Å². The largest absolute Gasteiger partial charge is 0.494 e. The Kier molecular flexibility index (Phi) is 5.53. The number of rotatable bonds is 5. The lowest BCUT2D eigenvalue weighted by atomic mass is 9.95. The number of allylic oxidation sites excluding steroid dienone is 1. The summed E-state index contributed by atoms with van der Waals surface area (Å²) in [4.78, 5) is 12.6. The van der Waals surface area contributed by atoms with E-state index in [2.05, 4.69) is 16.0 Å². The molecule has 0 aromatic heterocycles. The smallest absolute Gasteiger partial charge is 0.319 e. The Bertz CT molecular complexity index is 832. The van der Waals surface area contributed by atoms with Crippen LogP contribution in [0.25, 0.3) is 0 Å². The normalized spacial score (nSPS) is 16.5. The number of hydrogen-bond donors (Lipinski definition) is 3. The molecule has 2 aromatic carbocycles. The number of nitrogens with one attached hydrogen (secondary N) is 3. The molecule has 134 valence electrons. The fourth-order valence-corrected chi connectivity index (χ4v) is 3.28. The highest BCUT2D eigenvalue weighted by Crippen LogP contribution is 2.29. The van der Waals surface area contributed by atoms with Gasteiger partial charge in [-0.15, -0.1) is 0 Å². The molecule has 1 aliphatic heterocycles. The van der Waals surface area contributed by atoms with Crippen molar-refractivity contribution < 1.29 is 9.53 Å². The molecule has 2 aromatic rings. The van der Waals surface area contributed by atoms with E-state index >= 15 is 0 Å². The van der Waals surface area contributed by atoms with E-state index < -0.39 is 0 Å². The van der Waals surface area contributed by atoms with E-state index in [-0.39, 0.29) is 12.1 Å². The molecule has 3 rings (SSSR count). The highest BCUT2D eigenvalue weighted by molar-refractivity contribution is 7.81. The molecule has 3 N–H and O–H groups in total. The van der Waals surface area contributed by atoms with Crippen LogP contribution in [0.3, 0.4) is 0 Å². The minimum atomic E-state index is -0.330. The second-order valence-electron chi connectivity index (χ2n) is 5.89. The van der Waals surface area contributed by atoms with Gasteiger partial charge in [0, 0.05) is 17.0 Å². The molecule has 6 heteroatoms. The highest BCUT2D eigenvalue weighted by Gasteiger charge is 2.29. The van der Waals surface area contributed by atoms with Gasteiger partial charge in [0.05, 0.1) is 12.6 Å². The lowest BCUT2D eigenvalue weighted by Crippen LogP contribution is -2.45. The van der Waals surface area contributed by atoms with Crippen molar-refractivity contribution >= 4 is 28.9 Å². The standard InChI is InChI=1S/C20H21N3O2S/c1-3-25-16-11-9-14(10-12-16)18-17(13(2)21-20(24)23-18)19(26)22-15-7-5-4-6-8-15/h4-12,18H,3H2,1-2H3,(H,22,26)(H2,21,23,24)/t18-/m0/s1. The number of thiocarbonyl (C=S) groups is 1. The number of urea groups is 1. The van der Waals surface area contributed by atoms with Gasteiger partial charge >= 0.3 is 6.03 Å². The zero-order chi connectivity index (χ0) is 18.5. The average molecular weight is 367 g/mol. The molecule has 1 heterocycles. The van der Waals surface area contributed by atoms with Crippen molar-refractivity contribution in [3.8, 4) is 5.75 Å². The summed E-state index contributed by atoms with van der Waals surface area (Å²) in [7, 11) is 0. The number of para-hydroxylation sites is 1. The Morgan fingerprint density at radius 3 is 2.50 bits per heavy atom. The lowest BCUT2D eigenvalue weighted by molar-refractivity contribution is 0.239. The van der Waals surface area contributed by atoms with Crippen molar-refractivity contribution in [3.05, 3.63) is 71.4 Å². The number of hydrogen-bond acceptors (Lipinski definition) is 3. The molecular weight excluding hydrogens is 346 g/mol. The van der Waals surface area contributed by atoms with Gasteiger partial charge in [0.25, 0.3) is 0 Å². The van der Waals surface area contributed by atoms with Crippen LogP contribution in [-0.4, -0.2) is 17.6 Å². The van der Waals surface area contributed by atoms with Crippen molar-refractivity contribution in [1.82, 2.24) is 10.6 Å². The average Bonchev–Trinajstić information content (AvgIpc) is 2.62. The van der Waals surface area contributed by atoms with Crippen LogP contribution in [0.15, 0.2) is 65.9 Å². The summed E-state index contributed by atoms with van der Waals surface area (Å²) in [5.41, 5.74) is 3.42. The molecule has 0 bridgehead atoms. The molecule has 26 heavy (non-hydrogen) atoms. The molecule has 0 unspecified atom stereocenters. The van der Waals surface area contributed by atoms with Gasteiger partial charge in [0.2, 0.25) is 0 Å². The molecule has 0 aliphatic carbocycles.